The normalized spacial score (nSPS) is 13.2. The van der Waals surface area contributed by atoms with Gasteiger partial charge < -0.3 is 11.1 Å². The van der Waals surface area contributed by atoms with E-state index in [4.69, 9.17) is 5.73 Å². The zero-order valence-electron chi connectivity index (χ0n) is 10.6. The van der Waals surface area contributed by atoms with Crippen LogP contribution in [0.2, 0.25) is 0 Å². The van der Waals surface area contributed by atoms with Crippen molar-refractivity contribution in [2.45, 2.75) is 18.9 Å². The number of carbonyl (C=O) groups excluding carboxylic acids is 1. The Morgan fingerprint density at radius 2 is 2.21 bits per heavy atom. The van der Waals surface area contributed by atoms with Gasteiger partial charge in [-0.25, -0.2) is 8.42 Å². The van der Waals surface area contributed by atoms with Crippen LogP contribution in [0.5, 0.6) is 0 Å². The lowest BCUT2D eigenvalue weighted by molar-refractivity contribution is -0.122. The van der Waals surface area contributed by atoms with E-state index in [1.165, 1.54) is 0 Å². The van der Waals surface area contributed by atoms with Gasteiger partial charge in [-0.2, -0.15) is 0 Å². The Kier molecular flexibility index (Phi) is 6.45. The minimum atomic E-state index is -3.08. The van der Waals surface area contributed by atoms with Crippen LogP contribution < -0.4 is 11.1 Å². The minimum absolute atomic E-state index is 0.0700. The van der Waals surface area contributed by atoms with Crippen LogP contribution in [0.3, 0.4) is 0 Å². The van der Waals surface area contributed by atoms with Gasteiger partial charge >= 0.3 is 0 Å². The van der Waals surface area contributed by atoms with E-state index in [1.807, 2.05) is 12.1 Å². The third-order valence-corrected chi connectivity index (χ3v) is 5.10. The third-order valence-electron chi connectivity index (χ3n) is 2.44. The van der Waals surface area contributed by atoms with Crippen molar-refractivity contribution in [3.05, 3.63) is 20.8 Å². The summed E-state index contributed by atoms with van der Waals surface area (Å²) in [5.41, 5.74) is 5.63. The van der Waals surface area contributed by atoms with Gasteiger partial charge in [0.05, 0.1) is 15.6 Å². The molecular weight excluding hydrogens is 352 g/mol. The van der Waals surface area contributed by atoms with Gasteiger partial charge in [-0.3, -0.25) is 4.79 Å². The Morgan fingerprint density at radius 1 is 1.53 bits per heavy atom. The van der Waals surface area contributed by atoms with E-state index in [1.54, 1.807) is 11.3 Å². The lowest BCUT2D eigenvalue weighted by Gasteiger charge is -2.11. The van der Waals surface area contributed by atoms with Crippen LogP contribution in [0, 0.1) is 0 Å². The molecule has 8 heteroatoms. The van der Waals surface area contributed by atoms with E-state index in [0.717, 1.165) is 21.3 Å². The van der Waals surface area contributed by atoms with E-state index < -0.39 is 15.9 Å². The summed E-state index contributed by atoms with van der Waals surface area (Å²) in [7, 11) is -3.08. The maximum Gasteiger partial charge on any atom is 0.236 e. The molecule has 0 saturated heterocycles. The first kappa shape index (κ1) is 16.6. The molecular formula is C11H17BrN2O3S2. The predicted octanol–water partition coefficient (Wildman–Crippen LogP) is 0.931. The van der Waals surface area contributed by atoms with Gasteiger partial charge in [0.25, 0.3) is 0 Å². The highest BCUT2D eigenvalue weighted by Crippen LogP contribution is 2.21. The molecule has 0 aliphatic heterocycles. The molecule has 1 aromatic rings. The number of nitrogens with one attached hydrogen (secondary N) is 1. The Hall–Kier alpha value is -0.440. The maximum atomic E-state index is 11.6. The largest absolute Gasteiger partial charge is 0.354 e. The number of thiophene rings is 1. The van der Waals surface area contributed by atoms with Crippen molar-refractivity contribution in [1.29, 1.82) is 0 Å². The molecule has 108 valence electrons. The van der Waals surface area contributed by atoms with Crippen LogP contribution in [0.15, 0.2) is 15.9 Å². The van der Waals surface area contributed by atoms with Crippen molar-refractivity contribution in [2.24, 2.45) is 5.73 Å². The lowest BCUT2D eigenvalue weighted by Crippen LogP contribution is -2.42. The molecule has 0 aromatic carbocycles. The maximum absolute atomic E-state index is 11.6. The summed E-state index contributed by atoms with van der Waals surface area (Å²) in [4.78, 5) is 12.8. The average molecular weight is 369 g/mol. The molecule has 0 fully saturated rings. The second-order valence-electron chi connectivity index (χ2n) is 4.27. The van der Waals surface area contributed by atoms with E-state index in [2.05, 4.69) is 21.2 Å². The first-order valence-corrected chi connectivity index (χ1v) is 9.40. The first-order chi connectivity index (χ1) is 8.78. The Labute approximate surface area is 125 Å². The summed E-state index contributed by atoms with van der Waals surface area (Å²) in [5.74, 6) is -0.376. The SMILES string of the molecule is CS(=O)(=O)CCC(N)C(=O)NCCc1ccc(Br)s1. The number of carbonyl (C=O) groups is 1. The zero-order valence-corrected chi connectivity index (χ0v) is 13.8. The van der Waals surface area contributed by atoms with E-state index in [9.17, 15) is 13.2 Å². The van der Waals surface area contributed by atoms with Gasteiger partial charge in [-0.1, -0.05) is 0 Å². The molecule has 0 spiro atoms. The Balaban J connectivity index is 2.27. The quantitative estimate of drug-likeness (QED) is 0.748. The molecule has 0 aliphatic carbocycles. The van der Waals surface area contributed by atoms with Gasteiger partial charge in [0, 0.05) is 17.7 Å². The summed E-state index contributed by atoms with van der Waals surface area (Å²) in [5, 5.41) is 2.71. The number of rotatable bonds is 7. The molecule has 1 amide bonds. The smallest absolute Gasteiger partial charge is 0.236 e. The van der Waals surface area contributed by atoms with Crippen molar-refractivity contribution >= 4 is 43.0 Å². The second kappa shape index (κ2) is 7.37. The summed E-state index contributed by atoms with van der Waals surface area (Å²) in [6, 6.07) is 3.18. The summed E-state index contributed by atoms with van der Waals surface area (Å²) in [6.07, 6.45) is 2.02. The fraction of sp³-hybridized carbons (Fsp3) is 0.545. The van der Waals surface area contributed by atoms with Gasteiger partial charge in [0.2, 0.25) is 5.91 Å². The number of sulfone groups is 1. The molecule has 1 heterocycles. The topological polar surface area (TPSA) is 89.3 Å². The molecule has 0 saturated carbocycles. The molecule has 1 unspecified atom stereocenters. The second-order valence-corrected chi connectivity index (χ2v) is 9.08. The highest BCUT2D eigenvalue weighted by atomic mass is 79.9. The van der Waals surface area contributed by atoms with Gasteiger partial charge in [-0.15, -0.1) is 11.3 Å². The number of hydrogen-bond donors (Lipinski definition) is 2. The highest BCUT2D eigenvalue weighted by Gasteiger charge is 2.15. The molecule has 0 aliphatic rings. The van der Waals surface area contributed by atoms with E-state index >= 15 is 0 Å². The van der Waals surface area contributed by atoms with Crippen LogP contribution in [0.25, 0.3) is 0 Å². The van der Waals surface area contributed by atoms with Crippen molar-refractivity contribution in [3.63, 3.8) is 0 Å². The van der Waals surface area contributed by atoms with Crippen LogP contribution in [0.4, 0.5) is 0 Å². The molecule has 1 atom stereocenters. The monoisotopic (exact) mass is 368 g/mol. The Morgan fingerprint density at radius 3 is 2.74 bits per heavy atom. The fourth-order valence-electron chi connectivity index (χ4n) is 1.40. The average Bonchev–Trinajstić information content (AvgIpc) is 2.71. The molecule has 19 heavy (non-hydrogen) atoms. The number of hydrogen-bond acceptors (Lipinski definition) is 5. The van der Waals surface area contributed by atoms with E-state index in [0.29, 0.717) is 6.54 Å². The third kappa shape index (κ3) is 7.05. The molecule has 0 bridgehead atoms. The first-order valence-electron chi connectivity index (χ1n) is 5.73. The molecule has 5 nitrogen and oxygen atoms in total. The number of amides is 1. The van der Waals surface area contributed by atoms with Crippen LogP contribution in [-0.4, -0.2) is 38.9 Å². The molecule has 3 N–H and O–H groups in total. The number of halogens is 1. The van der Waals surface area contributed by atoms with Crippen LogP contribution in [0.1, 0.15) is 11.3 Å². The van der Waals surface area contributed by atoms with Crippen LogP contribution in [-0.2, 0) is 21.1 Å². The standard InChI is InChI=1S/C11H17BrN2O3S2/c1-19(16,17)7-5-9(13)11(15)14-6-4-8-2-3-10(12)18-8/h2-3,9H,4-7,13H2,1H3,(H,14,15). The van der Waals surface area contributed by atoms with Crippen molar-refractivity contribution < 1.29 is 13.2 Å². The fourth-order valence-corrected chi connectivity index (χ4v) is 3.56. The zero-order chi connectivity index (χ0) is 14.5. The van der Waals surface area contributed by atoms with Gasteiger partial charge in [0.1, 0.15) is 9.84 Å². The van der Waals surface area contributed by atoms with Crippen molar-refractivity contribution in [3.8, 4) is 0 Å². The minimum Gasteiger partial charge on any atom is -0.354 e. The molecule has 0 radical (unpaired) electrons. The molecule has 1 rings (SSSR count). The van der Waals surface area contributed by atoms with Gasteiger partial charge in [-0.05, 0) is 40.9 Å². The van der Waals surface area contributed by atoms with E-state index in [-0.39, 0.29) is 18.1 Å². The highest BCUT2D eigenvalue weighted by molar-refractivity contribution is 9.11. The summed E-state index contributed by atoms with van der Waals surface area (Å²) < 4.78 is 23.0. The lowest BCUT2D eigenvalue weighted by atomic mass is 10.2. The van der Waals surface area contributed by atoms with Gasteiger partial charge in [0.15, 0.2) is 0 Å². The summed E-state index contributed by atoms with van der Waals surface area (Å²) in [6.45, 7) is 0.498. The molecule has 1 aromatic heterocycles. The van der Waals surface area contributed by atoms with Crippen molar-refractivity contribution in [1.82, 2.24) is 5.32 Å². The summed E-state index contributed by atoms with van der Waals surface area (Å²) >= 11 is 4.99. The predicted molar refractivity (Wildman–Crippen MR) is 81.0 cm³/mol. The Bertz CT molecular complexity index is 528. The van der Waals surface area contributed by atoms with Crippen molar-refractivity contribution in [2.75, 3.05) is 18.6 Å². The number of nitrogens with two attached hydrogens (primary N) is 1. The van der Waals surface area contributed by atoms with Crippen LogP contribution >= 0.6 is 27.3 Å².